The number of piperidine rings is 1. The highest BCUT2D eigenvalue weighted by molar-refractivity contribution is 8.03. The highest BCUT2D eigenvalue weighted by Gasteiger charge is 2.60. The number of rotatable bonds is 5. The van der Waals surface area contributed by atoms with E-state index in [-0.39, 0.29) is 23.6 Å². The smallest absolute Gasteiger partial charge is 0.353 e. The first kappa shape index (κ1) is 19.2. The molecular weight excluding hydrogens is 366 g/mol. The second kappa shape index (κ2) is 7.39. The van der Waals surface area contributed by atoms with Gasteiger partial charge in [-0.25, -0.2) is 4.79 Å². The molecule has 4 aliphatic rings. The Morgan fingerprint density at radius 1 is 1.30 bits per heavy atom. The first-order valence-electron chi connectivity index (χ1n) is 10.00. The minimum atomic E-state index is -1.03. The number of hydrogen-bond acceptors (Lipinski definition) is 6. The van der Waals surface area contributed by atoms with Gasteiger partial charge < -0.3 is 20.4 Å². The van der Waals surface area contributed by atoms with Crippen LogP contribution in [0.1, 0.15) is 33.1 Å². The van der Waals surface area contributed by atoms with Gasteiger partial charge in [-0.15, -0.1) is 11.8 Å². The molecule has 0 aromatic heterocycles. The number of carboxylic acids is 1. The molecule has 3 N–H and O–H groups in total. The molecule has 0 aliphatic carbocycles. The Balaban J connectivity index is 1.48. The van der Waals surface area contributed by atoms with E-state index in [0.29, 0.717) is 11.3 Å². The van der Waals surface area contributed by atoms with Gasteiger partial charge in [0.1, 0.15) is 5.70 Å². The van der Waals surface area contributed by atoms with Crippen LogP contribution < -0.4 is 5.32 Å². The maximum atomic E-state index is 12.4. The summed E-state index contributed by atoms with van der Waals surface area (Å²) < 4.78 is 0. The zero-order valence-corrected chi connectivity index (χ0v) is 16.7. The zero-order chi connectivity index (χ0) is 19.3. The minimum Gasteiger partial charge on any atom is -0.477 e. The topological polar surface area (TPSA) is 93.1 Å². The van der Waals surface area contributed by atoms with E-state index in [0.717, 1.165) is 37.5 Å². The van der Waals surface area contributed by atoms with Crippen molar-refractivity contribution < 1.29 is 19.8 Å². The monoisotopic (exact) mass is 395 g/mol. The van der Waals surface area contributed by atoms with Crippen LogP contribution in [0.4, 0.5) is 0 Å². The number of fused-ring (bicyclic) bond motifs is 1. The van der Waals surface area contributed by atoms with Crippen molar-refractivity contribution in [3.05, 3.63) is 10.6 Å². The fourth-order valence-corrected chi connectivity index (χ4v) is 6.71. The molecule has 7 nitrogen and oxygen atoms in total. The molecule has 8 heteroatoms. The van der Waals surface area contributed by atoms with Gasteiger partial charge in [0.25, 0.3) is 0 Å². The van der Waals surface area contributed by atoms with E-state index in [4.69, 9.17) is 0 Å². The third-order valence-corrected chi connectivity index (χ3v) is 8.14. The largest absolute Gasteiger partial charge is 0.477 e. The Morgan fingerprint density at radius 2 is 2.00 bits per heavy atom. The molecule has 0 bridgehead atoms. The lowest BCUT2D eigenvalue weighted by molar-refractivity contribution is -0.163. The number of β-lactam (4-membered cyclic amide) rings is 1. The third-order valence-electron chi connectivity index (χ3n) is 6.61. The third kappa shape index (κ3) is 3.20. The van der Waals surface area contributed by atoms with Gasteiger partial charge in [-0.2, -0.15) is 0 Å². The summed E-state index contributed by atoms with van der Waals surface area (Å²) >= 11 is 1.66. The molecule has 4 aliphatic heterocycles. The molecule has 4 heterocycles. The molecule has 0 spiro atoms. The van der Waals surface area contributed by atoms with Crippen LogP contribution in [0.2, 0.25) is 0 Å². The summed E-state index contributed by atoms with van der Waals surface area (Å²) in [7, 11) is 0. The van der Waals surface area contributed by atoms with Gasteiger partial charge in [0.15, 0.2) is 0 Å². The maximum Gasteiger partial charge on any atom is 0.353 e. The van der Waals surface area contributed by atoms with Gasteiger partial charge in [-0.3, -0.25) is 9.69 Å². The molecule has 3 saturated heterocycles. The quantitative estimate of drug-likeness (QED) is 0.590. The van der Waals surface area contributed by atoms with E-state index in [9.17, 15) is 19.8 Å². The molecule has 150 valence electrons. The van der Waals surface area contributed by atoms with Crippen molar-refractivity contribution in [2.24, 2.45) is 11.8 Å². The summed E-state index contributed by atoms with van der Waals surface area (Å²) in [4.78, 5) is 29.1. The molecule has 1 amide bonds. The second-order valence-electron chi connectivity index (χ2n) is 8.28. The summed E-state index contributed by atoms with van der Waals surface area (Å²) in [5.74, 6) is -1.80. The van der Waals surface area contributed by atoms with Crippen LogP contribution in [0.15, 0.2) is 10.6 Å². The van der Waals surface area contributed by atoms with Crippen LogP contribution in [-0.4, -0.2) is 81.5 Å². The van der Waals surface area contributed by atoms with Gasteiger partial charge in [0, 0.05) is 28.7 Å². The van der Waals surface area contributed by atoms with E-state index in [1.807, 2.05) is 6.92 Å². The molecule has 27 heavy (non-hydrogen) atoms. The Hall–Kier alpha value is -1.09. The van der Waals surface area contributed by atoms with Gasteiger partial charge in [-0.1, -0.05) is 6.92 Å². The van der Waals surface area contributed by atoms with Crippen LogP contribution >= 0.6 is 11.8 Å². The van der Waals surface area contributed by atoms with Crippen molar-refractivity contribution in [1.29, 1.82) is 0 Å². The number of thioether (sulfide) groups is 1. The summed E-state index contributed by atoms with van der Waals surface area (Å²) in [6, 6.07) is 0.417. The molecule has 0 saturated carbocycles. The Bertz CT molecular complexity index is 661. The first-order valence-corrected chi connectivity index (χ1v) is 10.9. The Morgan fingerprint density at radius 3 is 2.63 bits per heavy atom. The van der Waals surface area contributed by atoms with Crippen molar-refractivity contribution in [2.75, 3.05) is 26.2 Å². The van der Waals surface area contributed by atoms with Gasteiger partial charge >= 0.3 is 5.97 Å². The Labute approximate surface area is 164 Å². The fourth-order valence-electron chi connectivity index (χ4n) is 5.21. The lowest BCUT2D eigenvalue weighted by Crippen LogP contribution is -2.63. The number of carbonyl (C=O) groups is 2. The van der Waals surface area contributed by atoms with Crippen molar-refractivity contribution in [1.82, 2.24) is 15.1 Å². The molecule has 4 rings (SSSR count). The van der Waals surface area contributed by atoms with Crippen LogP contribution in [0.3, 0.4) is 0 Å². The Kier molecular flexibility index (Phi) is 5.26. The lowest BCUT2D eigenvalue weighted by atomic mass is 9.79. The number of aliphatic carboxylic acids is 1. The van der Waals surface area contributed by atoms with E-state index in [2.05, 4.69) is 10.2 Å². The van der Waals surface area contributed by atoms with E-state index in [1.54, 1.807) is 18.7 Å². The SMILES string of the molecule is C[C@@H](O)[C@H]1C(=O)N2C(C(=O)O)=C(S[C@H]3CCN(C4CCNCC4)C3)[C@H](C)[C@H]12. The van der Waals surface area contributed by atoms with Gasteiger partial charge in [-0.05, 0) is 45.8 Å². The van der Waals surface area contributed by atoms with Crippen LogP contribution in [0.25, 0.3) is 0 Å². The van der Waals surface area contributed by atoms with Crippen molar-refractivity contribution in [3.63, 3.8) is 0 Å². The number of aliphatic hydroxyl groups is 1. The molecule has 3 fully saturated rings. The fraction of sp³-hybridized carbons (Fsp3) is 0.789. The van der Waals surface area contributed by atoms with Crippen LogP contribution in [0, 0.1) is 11.8 Å². The molecule has 0 unspecified atom stereocenters. The predicted octanol–water partition coefficient (Wildman–Crippen LogP) is 0.700. The number of nitrogens with one attached hydrogen (secondary N) is 1. The van der Waals surface area contributed by atoms with E-state index < -0.39 is 18.0 Å². The highest BCUT2D eigenvalue weighted by Crippen LogP contribution is 2.52. The van der Waals surface area contributed by atoms with Crippen molar-refractivity contribution in [3.8, 4) is 0 Å². The van der Waals surface area contributed by atoms with Crippen LogP contribution in [0.5, 0.6) is 0 Å². The molecule has 0 aromatic carbocycles. The summed E-state index contributed by atoms with van der Waals surface area (Å²) in [5.41, 5.74) is 0.153. The molecule has 0 radical (unpaired) electrons. The minimum absolute atomic E-state index is 0.0358. The standard InChI is InChI=1S/C19H29N3O4S/c1-10-15-14(11(2)23)18(24)22(15)16(19(25)26)17(10)27-13-5-8-21(9-13)12-3-6-20-7-4-12/h10-15,20,23H,3-9H2,1-2H3,(H,25,26)/t10-,11-,13+,14-,15-/m1/s1. The van der Waals surface area contributed by atoms with Crippen molar-refractivity contribution in [2.45, 2.75) is 56.5 Å². The number of aliphatic hydroxyl groups excluding tert-OH is 1. The molecule has 0 aromatic rings. The van der Waals surface area contributed by atoms with E-state index in [1.165, 1.54) is 17.7 Å². The number of hydrogen-bond donors (Lipinski definition) is 3. The number of carbonyl (C=O) groups excluding carboxylic acids is 1. The number of nitrogens with zero attached hydrogens (tertiary/aromatic N) is 2. The maximum absolute atomic E-state index is 12.4. The summed E-state index contributed by atoms with van der Waals surface area (Å²) in [5, 5.41) is 23.5. The van der Waals surface area contributed by atoms with Crippen molar-refractivity contribution >= 4 is 23.6 Å². The zero-order valence-electron chi connectivity index (χ0n) is 15.9. The normalized spacial score (nSPS) is 36.1. The first-order chi connectivity index (χ1) is 12.9. The number of amides is 1. The van der Waals surface area contributed by atoms with Gasteiger partial charge in [0.2, 0.25) is 5.91 Å². The lowest BCUT2D eigenvalue weighted by Gasteiger charge is -2.46. The highest BCUT2D eigenvalue weighted by atomic mass is 32.2. The molecule has 5 atom stereocenters. The summed E-state index contributed by atoms with van der Waals surface area (Å²) in [6.07, 6.45) is 2.66. The number of carboxylic acid groups (broad SMARTS) is 1. The summed E-state index contributed by atoms with van der Waals surface area (Å²) in [6.45, 7) is 7.81. The average molecular weight is 396 g/mol. The van der Waals surface area contributed by atoms with Gasteiger partial charge in [0.05, 0.1) is 18.1 Å². The van der Waals surface area contributed by atoms with Crippen LogP contribution in [-0.2, 0) is 9.59 Å². The number of likely N-dealkylation sites (tertiary alicyclic amines) is 1. The second-order valence-corrected chi connectivity index (χ2v) is 9.62. The molecular formula is C19H29N3O4S. The predicted molar refractivity (Wildman–Crippen MR) is 103 cm³/mol. The average Bonchev–Trinajstić information content (AvgIpc) is 3.18. The van der Waals surface area contributed by atoms with E-state index >= 15 is 0 Å².